The quantitative estimate of drug-likeness (QED) is 0.890. The zero-order valence-corrected chi connectivity index (χ0v) is 12.1. The summed E-state index contributed by atoms with van der Waals surface area (Å²) in [5, 5.41) is 10.1. The highest BCUT2D eigenvalue weighted by molar-refractivity contribution is 6.30. The molecule has 0 radical (unpaired) electrons. The summed E-state index contributed by atoms with van der Waals surface area (Å²) in [7, 11) is 0. The van der Waals surface area contributed by atoms with Crippen molar-refractivity contribution in [3.8, 4) is 5.75 Å². The number of benzene rings is 1. The lowest BCUT2D eigenvalue weighted by Crippen LogP contribution is -2.30. The Morgan fingerprint density at radius 2 is 2.30 bits per heavy atom. The number of H-pyrrole nitrogens is 1. The van der Waals surface area contributed by atoms with E-state index in [1.807, 2.05) is 6.92 Å². The number of carbonyl (C=O) groups excluding carboxylic acids is 1. The molecule has 6 heteroatoms. The van der Waals surface area contributed by atoms with E-state index in [-0.39, 0.29) is 5.91 Å². The number of anilines is 1. The molecule has 0 spiro atoms. The van der Waals surface area contributed by atoms with Gasteiger partial charge in [0.25, 0.3) is 5.91 Å². The van der Waals surface area contributed by atoms with E-state index in [1.165, 1.54) is 0 Å². The molecule has 0 aliphatic heterocycles. The third-order valence-electron chi connectivity index (χ3n) is 2.74. The molecule has 5 nitrogen and oxygen atoms in total. The number of hydrogen-bond donors (Lipinski definition) is 2. The molecule has 2 N–H and O–H groups in total. The second-order valence-electron chi connectivity index (χ2n) is 4.34. The molecule has 106 valence electrons. The van der Waals surface area contributed by atoms with E-state index in [9.17, 15) is 4.79 Å². The molecular weight excluding hydrogens is 278 g/mol. The first-order valence-electron chi connectivity index (χ1n) is 6.36. The number of aromatic amines is 1. The lowest BCUT2D eigenvalue weighted by molar-refractivity contribution is -0.122. The fourth-order valence-electron chi connectivity index (χ4n) is 1.63. The Bertz CT molecular complexity index is 598. The van der Waals surface area contributed by atoms with Crippen LogP contribution < -0.4 is 10.1 Å². The van der Waals surface area contributed by atoms with Crippen molar-refractivity contribution in [2.24, 2.45) is 0 Å². The molecule has 0 saturated heterocycles. The smallest absolute Gasteiger partial charge is 0.266 e. The molecule has 1 atom stereocenters. The lowest BCUT2D eigenvalue weighted by atomic mass is 10.3. The number of hydrogen-bond acceptors (Lipinski definition) is 3. The van der Waals surface area contributed by atoms with Gasteiger partial charge < -0.3 is 10.1 Å². The normalized spacial score (nSPS) is 11.9. The van der Waals surface area contributed by atoms with Gasteiger partial charge in [-0.3, -0.25) is 9.89 Å². The van der Waals surface area contributed by atoms with Crippen LogP contribution in [0, 0.1) is 0 Å². The van der Waals surface area contributed by atoms with Crippen molar-refractivity contribution in [3.05, 3.63) is 41.0 Å². The van der Waals surface area contributed by atoms with Crippen LogP contribution in [0.25, 0.3) is 0 Å². The van der Waals surface area contributed by atoms with Crippen LogP contribution in [0.3, 0.4) is 0 Å². The minimum Gasteiger partial charge on any atom is -0.481 e. The number of nitrogens with one attached hydrogen (secondary N) is 2. The van der Waals surface area contributed by atoms with Crippen molar-refractivity contribution in [1.82, 2.24) is 10.2 Å². The molecule has 0 aliphatic rings. The number of aryl methyl sites for hydroxylation is 1. The van der Waals surface area contributed by atoms with Gasteiger partial charge in [-0.05, 0) is 31.5 Å². The van der Waals surface area contributed by atoms with Crippen LogP contribution in [-0.4, -0.2) is 22.2 Å². The molecule has 20 heavy (non-hydrogen) atoms. The van der Waals surface area contributed by atoms with Crippen molar-refractivity contribution < 1.29 is 9.53 Å². The second kappa shape index (κ2) is 6.43. The zero-order chi connectivity index (χ0) is 14.5. The average molecular weight is 294 g/mol. The first kappa shape index (κ1) is 14.4. The van der Waals surface area contributed by atoms with E-state index in [2.05, 4.69) is 15.5 Å². The fraction of sp³-hybridized carbons (Fsp3) is 0.286. The summed E-state index contributed by atoms with van der Waals surface area (Å²) in [6.07, 6.45) is 0.187. The summed E-state index contributed by atoms with van der Waals surface area (Å²) >= 11 is 5.86. The molecule has 2 rings (SSSR count). The van der Waals surface area contributed by atoms with Gasteiger partial charge in [0, 0.05) is 16.8 Å². The predicted octanol–water partition coefficient (Wildman–Crippen LogP) is 3.03. The highest BCUT2D eigenvalue weighted by atomic mass is 35.5. The Labute approximate surface area is 122 Å². The number of rotatable bonds is 5. The van der Waals surface area contributed by atoms with Gasteiger partial charge in [-0.25, -0.2) is 0 Å². The van der Waals surface area contributed by atoms with Gasteiger partial charge in [-0.2, -0.15) is 5.10 Å². The van der Waals surface area contributed by atoms with Crippen LogP contribution >= 0.6 is 11.6 Å². The van der Waals surface area contributed by atoms with Crippen LogP contribution in [0.4, 0.5) is 5.82 Å². The van der Waals surface area contributed by atoms with E-state index in [0.717, 1.165) is 12.1 Å². The molecule has 2 aromatic rings. The maximum Gasteiger partial charge on any atom is 0.266 e. The van der Waals surface area contributed by atoms with E-state index >= 15 is 0 Å². The summed E-state index contributed by atoms with van der Waals surface area (Å²) in [5.41, 5.74) is 0.962. The van der Waals surface area contributed by atoms with Crippen LogP contribution in [0.5, 0.6) is 5.75 Å². The molecular formula is C14H16ClN3O2. The molecule has 0 fully saturated rings. The van der Waals surface area contributed by atoms with Gasteiger partial charge in [0.15, 0.2) is 11.9 Å². The summed E-state index contributed by atoms with van der Waals surface area (Å²) in [6.45, 7) is 3.67. The van der Waals surface area contributed by atoms with E-state index in [1.54, 1.807) is 37.3 Å². The number of carbonyl (C=O) groups is 1. The predicted molar refractivity (Wildman–Crippen MR) is 78.1 cm³/mol. The average Bonchev–Trinajstić information content (AvgIpc) is 2.86. The van der Waals surface area contributed by atoms with Gasteiger partial charge in [-0.15, -0.1) is 0 Å². The highest BCUT2D eigenvalue weighted by Crippen LogP contribution is 2.18. The maximum absolute atomic E-state index is 12.0. The number of amides is 1. The Hall–Kier alpha value is -2.01. The second-order valence-corrected chi connectivity index (χ2v) is 4.78. The summed E-state index contributed by atoms with van der Waals surface area (Å²) in [6, 6.07) is 8.72. The molecule has 0 aliphatic carbocycles. The summed E-state index contributed by atoms with van der Waals surface area (Å²) in [5.74, 6) is 0.781. The van der Waals surface area contributed by atoms with E-state index in [4.69, 9.17) is 16.3 Å². The number of nitrogens with zero attached hydrogens (tertiary/aromatic N) is 1. The third-order valence-corrected chi connectivity index (χ3v) is 2.98. The molecule has 0 bridgehead atoms. The zero-order valence-electron chi connectivity index (χ0n) is 11.3. The van der Waals surface area contributed by atoms with Crippen LogP contribution in [0.2, 0.25) is 5.02 Å². The number of halogens is 1. The van der Waals surface area contributed by atoms with Crippen LogP contribution in [0.15, 0.2) is 30.3 Å². The third kappa shape index (κ3) is 3.74. The fourth-order valence-corrected chi connectivity index (χ4v) is 1.81. The van der Waals surface area contributed by atoms with Gasteiger partial charge in [0.1, 0.15) is 5.75 Å². The molecule has 1 unspecified atom stereocenters. The van der Waals surface area contributed by atoms with Crippen molar-refractivity contribution in [2.75, 3.05) is 5.32 Å². The van der Waals surface area contributed by atoms with Crippen LogP contribution in [-0.2, 0) is 11.2 Å². The lowest BCUT2D eigenvalue weighted by Gasteiger charge is -2.13. The first-order valence-corrected chi connectivity index (χ1v) is 6.73. The monoisotopic (exact) mass is 293 g/mol. The molecule has 1 aromatic heterocycles. The molecule has 1 heterocycles. The number of ether oxygens (including phenoxy) is 1. The molecule has 1 amide bonds. The van der Waals surface area contributed by atoms with Crippen molar-refractivity contribution in [1.29, 1.82) is 0 Å². The minimum atomic E-state index is -0.643. The van der Waals surface area contributed by atoms with E-state index in [0.29, 0.717) is 16.6 Å². The minimum absolute atomic E-state index is 0.265. The largest absolute Gasteiger partial charge is 0.481 e. The first-order chi connectivity index (χ1) is 9.58. The van der Waals surface area contributed by atoms with Crippen molar-refractivity contribution in [2.45, 2.75) is 26.4 Å². The Morgan fingerprint density at radius 1 is 1.50 bits per heavy atom. The van der Waals surface area contributed by atoms with Gasteiger partial charge in [-0.1, -0.05) is 24.6 Å². The molecule has 0 saturated carbocycles. The topological polar surface area (TPSA) is 67.0 Å². The van der Waals surface area contributed by atoms with Crippen molar-refractivity contribution in [3.63, 3.8) is 0 Å². The maximum atomic E-state index is 12.0. The SMILES string of the molecule is CCc1cc(NC(=O)C(C)Oc2cccc(Cl)c2)n[nH]1. The van der Waals surface area contributed by atoms with Crippen molar-refractivity contribution >= 4 is 23.3 Å². The standard InChI is InChI=1S/C14H16ClN3O2/c1-3-11-8-13(18-17-11)16-14(19)9(2)20-12-6-4-5-10(15)7-12/h4-9H,3H2,1-2H3,(H2,16,17,18,19). The number of aromatic nitrogens is 2. The highest BCUT2D eigenvalue weighted by Gasteiger charge is 2.16. The van der Waals surface area contributed by atoms with Gasteiger partial charge in [0.2, 0.25) is 0 Å². The summed E-state index contributed by atoms with van der Waals surface area (Å²) < 4.78 is 5.53. The summed E-state index contributed by atoms with van der Waals surface area (Å²) in [4.78, 5) is 12.0. The Morgan fingerprint density at radius 3 is 2.95 bits per heavy atom. The van der Waals surface area contributed by atoms with Gasteiger partial charge in [0.05, 0.1) is 0 Å². The molecule has 1 aromatic carbocycles. The Kier molecular flexibility index (Phi) is 4.63. The van der Waals surface area contributed by atoms with E-state index < -0.39 is 6.10 Å². The van der Waals surface area contributed by atoms with Gasteiger partial charge >= 0.3 is 0 Å². The Balaban J connectivity index is 1.95. The van der Waals surface area contributed by atoms with Crippen LogP contribution in [0.1, 0.15) is 19.5 Å².